The van der Waals surface area contributed by atoms with Crippen LogP contribution in [0.1, 0.15) is 30.7 Å². The summed E-state index contributed by atoms with van der Waals surface area (Å²) in [6.45, 7) is 2.11. The van der Waals surface area contributed by atoms with Crippen LogP contribution in [-0.2, 0) is 0 Å². The number of hydrogen-bond acceptors (Lipinski definition) is 3. The molecule has 2 aromatic rings. The van der Waals surface area contributed by atoms with E-state index in [0.29, 0.717) is 5.92 Å². The first kappa shape index (κ1) is 12.2. The number of anilines is 1. The molecule has 1 aromatic heterocycles. The quantitative estimate of drug-likeness (QED) is 0.822. The van der Waals surface area contributed by atoms with Gasteiger partial charge in [0.15, 0.2) is 0 Å². The van der Waals surface area contributed by atoms with Crippen molar-refractivity contribution in [1.82, 2.24) is 9.97 Å². The number of benzene rings is 1. The Morgan fingerprint density at radius 2 is 1.68 bits per heavy atom. The van der Waals surface area contributed by atoms with Gasteiger partial charge < -0.3 is 4.90 Å². The Kier molecular flexibility index (Phi) is 3.73. The molecule has 0 aliphatic carbocycles. The molecule has 0 radical (unpaired) electrons. The topological polar surface area (TPSA) is 29.0 Å². The highest BCUT2D eigenvalue weighted by molar-refractivity contribution is 5.29. The Bertz CT molecular complexity index is 450. The van der Waals surface area contributed by atoms with Crippen LogP contribution >= 0.6 is 0 Å². The van der Waals surface area contributed by atoms with Gasteiger partial charge in [0.2, 0.25) is 5.95 Å². The fraction of sp³-hybridized carbons (Fsp3) is 0.375. The van der Waals surface area contributed by atoms with Crippen LogP contribution in [0.4, 0.5) is 5.95 Å². The van der Waals surface area contributed by atoms with E-state index >= 15 is 0 Å². The molecular weight excluding hydrogens is 234 g/mol. The number of aromatic nitrogens is 2. The zero-order chi connectivity index (χ0) is 12.9. The van der Waals surface area contributed by atoms with Crippen molar-refractivity contribution in [3.8, 4) is 0 Å². The molecule has 0 saturated carbocycles. The molecule has 0 amide bonds. The molecule has 19 heavy (non-hydrogen) atoms. The highest BCUT2D eigenvalue weighted by atomic mass is 15.2. The van der Waals surface area contributed by atoms with Crippen LogP contribution < -0.4 is 4.90 Å². The second-order valence-corrected chi connectivity index (χ2v) is 5.07. The molecule has 3 nitrogen and oxygen atoms in total. The third kappa shape index (κ3) is 2.92. The second kappa shape index (κ2) is 5.83. The molecule has 0 N–H and O–H groups in total. The summed E-state index contributed by atoms with van der Waals surface area (Å²) in [7, 11) is 0. The first-order valence-corrected chi connectivity index (χ1v) is 7.00. The lowest BCUT2D eigenvalue weighted by molar-refractivity contribution is 0.611. The van der Waals surface area contributed by atoms with Crippen molar-refractivity contribution in [2.75, 3.05) is 18.0 Å². The highest BCUT2D eigenvalue weighted by Crippen LogP contribution is 2.28. The summed E-state index contributed by atoms with van der Waals surface area (Å²) in [5.41, 5.74) is 1.47. The predicted octanol–water partition coefficient (Wildman–Crippen LogP) is 3.25. The number of hydrogen-bond donors (Lipinski definition) is 0. The molecule has 1 saturated heterocycles. The van der Waals surface area contributed by atoms with E-state index in [1.54, 1.807) is 0 Å². The van der Waals surface area contributed by atoms with Crippen molar-refractivity contribution >= 4 is 5.95 Å². The van der Waals surface area contributed by atoms with Crippen molar-refractivity contribution in [1.29, 1.82) is 0 Å². The van der Waals surface area contributed by atoms with Gasteiger partial charge in [-0.2, -0.15) is 0 Å². The average Bonchev–Trinajstić information content (AvgIpc) is 2.75. The monoisotopic (exact) mass is 253 g/mol. The Morgan fingerprint density at radius 3 is 2.47 bits per heavy atom. The summed E-state index contributed by atoms with van der Waals surface area (Å²) >= 11 is 0. The zero-order valence-electron chi connectivity index (χ0n) is 11.1. The maximum Gasteiger partial charge on any atom is 0.225 e. The first-order chi connectivity index (χ1) is 9.43. The van der Waals surface area contributed by atoms with Gasteiger partial charge in [-0.25, -0.2) is 9.97 Å². The first-order valence-electron chi connectivity index (χ1n) is 7.00. The minimum Gasteiger partial charge on any atom is -0.341 e. The lowest BCUT2D eigenvalue weighted by Crippen LogP contribution is -2.26. The van der Waals surface area contributed by atoms with Gasteiger partial charge in [-0.05, 0) is 36.8 Å². The van der Waals surface area contributed by atoms with Crippen molar-refractivity contribution in [2.45, 2.75) is 25.2 Å². The summed E-state index contributed by atoms with van der Waals surface area (Å²) < 4.78 is 0. The third-order valence-corrected chi connectivity index (χ3v) is 3.83. The molecule has 2 heterocycles. The molecule has 1 fully saturated rings. The van der Waals surface area contributed by atoms with E-state index in [1.807, 2.05) is 18.5 Å². The van der Waals surface area contributed by atoms with E-state index in [0.717, 1.165) is 19.0 Å². The molecule has 1 aromatic carbocycles. The maximum absolute atomic E-state index is 4.36. The van der Waals surface area contributed by atoms with Gasteiger partial charge in [0.05, 0.1) is 0 Å². The molecule has 0 bridgehead atoms. The normalized spacial score (nSPS) is 20.0. The van der Waals surface area contributed by atoms with Crippen LogP contribution in [0.15, 0.2) is 48.8 Å². The zero-order valence-corrected chi connectivity index (χ0v) is 11.1. The van der Waals surface area contributed by atoms with Gasteiger partial charge in [-0.3, -0.25) is 0 Å². The lowest BCUT2D eigenvalue weighted by atomic mass is 9.92. The third-order valence-electron chi connectivity index (χ3n) is 3.83. The van der Waals surface area contributed by atoms with Crippen LogP contribution in [-0.4, -0.2) is 23.1 Å². The molecular formula is C16H19N3. The van der Waals surface area contributed by atoms with E-state index in [-0.39, 0.29) is 0 Å². The van der Waals surface area contributed by atoms with Crippen molar-refractivity contribution in [3.05, 3.63) is 54.4 Å². The fourth-order valence-electron chi connectivity index (χ4n) is 2.81. The summed E-state index contributed by atoms with van der Waals surface area (Å²) in [6, 6.07) is 12.7. The molecule has 1 aliphatic heterocycles. The lowest BCUT2D eigenvalue weighted by Gasteiger charge is -2.20. The van der Waals surface area contributed by atoms with Gasteiger partial charge in [0.25, 0.3) is 0 Å². The molecule has 1 atom stereocenters. The smallest absolute Gasteiger partial charge is 0.225 e. The van der Waals surface area contributed by atoms with Crippen molar-refractivity contribution in [2.24, 2.45) is 0 Å². The van der Waals surface area contributed by atoms with Gasteiger partial charge in [-0.15, -0.1) is 0 Å². The van der Waals surface area contributed by atoms with Crippen LogP contribution in [0.3, 0.4) is 0 Å². The van der Waals surface area contributed by atoms with E-state index in [9.17, 15) is 0 Å². The standard InChI is InChI=1S/C16H19N3/c1-2-6-14(7-3-1)15-8-4-12-19(13-9-15)16-17-10-5-11-18-16/h1-3,5-7,10-11,15H,4,8-9,12-13H2. The van der Waals surface area contributed by atoms with Crippen molar-refractivity contribution < 1.29 is 0 Å². The molecule has 3 rings (SSSR count). The van der Waals surface area contributed by atoms with E-state index in [2.05, 4.69) is 45.2 Å². The summed E-state index contributed by atoms with van der Waals surface area (Å²) in [5.74, 6) is 1.55. The minimum absolute atomic E-state index is 0.676. The fourth-order valence-corrected chi connectivity index (χ4v) is 2.81. The van der Waals surface area contributed by atoms with E-state index in [4.69, 9.17) is 0 Å². The van der Waals surface area contributed by atoms with Gasteiger partial charge in [0.1, 0.15) is 0 Å². The SMILES string of the molecule is c1ccc(C2CCCN(c3ncccn3)CC2)cc1. The van der Waals surface area contributed by atoms with Crippen LogP contribution in [0.5, 0.6) is 0 Å². The minimum atomic E-state index is 0.676. The van der Waals surface area contributed by atoms with Crippen molar-refractivity contribution in [3.63, 3.8) is 0 Å². The second-order valence-electron chi connectivity index (χ2n) is 5.07. The van der Waals surface area contributed by atoms with Gasteiger partial charge in [-0.1, -0.05) is 30.3 Å². The van der Waals surface area contributed by atoms with Crippen LogP contribution in [0, 0.1) is 0 Å². The summed E-state index contributed by atoms with van der Waals surface area (Å²) in [6.07, 6.45) is 7.29. The van der Waals surface area contributed by atoms with Gasteiger partial charge >= 0.3 is 0 Å². The number of nitrogens with zero attached hydrogens (tertiary/aromatic N) is 3. The Hall–Kier alpha value is -1.90. The molecule has 3 heteroatoms. The maximum atomic E-state index is 4.36. The highest BCUT2D eigenvalue weighted by Gasteiger charge is 2.19. The molecule has 1 aliphatic rings. The van der Waals surface area contributed by atoms with Crippen LogP contribution in [0.2, 0.25) is 0 Å². The summed E-state index contributed by atoms with van der Waals surface area (Å²) in [4.78, 5) is 11.0. The predicted molar refractivity (Wildman–Crippen MR) is 77.3 cm³/mol. The Labute approximate surface area is 114 Å². The molecule has 98 valence electrons. The Balaban J connectivity index is 1.69. The largest absolute Gasteiger partial charge is 0.341 e. The average molecular weight is 253 g/mol. The number of rotatable bonds is 2. The molecule has 0 spiro atoms. The van der Waals surface area contributed by atoms with E-state index in [1.165, 1.54) is 24.8 Å². The van der Waals surface area contributed by atoms with E-state index < -0.39 is 0 Å². The van der Waals surface area contributed by atoms with Gasteiger partial charge in [0, 0.05) is 25.5 Å². The Morgan fingerprint density at radius 1 is 0.895 bits per heavy atom. The summed E-state index contributed by atoms with van der Waals surface area (Å²) in [5, 5.41) is 0. The van der Waals surface area contributed by atoms with Crippen LogP contribution in [0.25, 0.3) is 0 Å². The molecule has 1 unspecified atom stereocenters.